The summed E-state index contributed by atoms with van der Waals surface area (Å²) in [6, 6.07) is 12.1. The van der Waals surface area contributed by atoms with Gasteiger partial charge in [-0.1, -0.05) is 18.2 Å². The van der Waals surface area contributed by atoms with Crippen LogP contribution in [0.15, 0.2) is 54.7 Å². The lowest BCUT2D eigenvalue weighted by atomic mass is 10.1. The molecule has 1 amide bonds. The Hall–Kier alpha value is -3.36. The number of carbonyl (C=O) groups excluding carboxylic acids is 1. The molecule has 0 fully saturated rings. The van der Waals surface area contributed by atoms with Gasteiger partial charge in [0.2, 0.25) is 0 Å². The number of ether oxygens (including phenoxy) is 1. The summed E-state index contributed by atoms with van der Waals surface area (Å²) in [5.74, 6) is -0.686. The van der Waals surface area contributed by atoms with Crippen LogP contribution in [0.5, 0.6) is 5.75 Å². The van der Waals surface area contributed by atoms with E-state index in [0.29, 0.717) is 30.8 Å². The van der Waals surface area contributed by atoms with Crippen LogP contribution in [0.1, 0.15) is 34.5 Å². The highest BCUT2D eigenvalue weighted by molar-refractivity contribution is 5.95. The fraction of sp³-hybridized carbons (Fsp3) is 0.273. The minimum atomic E-state index is -4.76. The van der Waals surface area contributed by atoms with Crippen LogP contribution in [0.2, 0.25) is 0 Å². The van der Waals surface area contributed by atoms with Gasteiger partial charge in [-0.3, -0.25) is 4.79 Å². The van der Waals surface area contributed by atoms with E-state index in [1.54, 1.807) is 25.1 Å². The van der Waals surface area contributed by atoms with Crippen molar-refractivity contribution in [3.05, 3.63) is 77.4 Å². The molecular weight excluding hydrogens is 414 g/mol. The molecule has 2 aromatic carbocycles. The van der Waals surface area contributed by atoms with E-state index in [9.17, 15) is 22.4 Å². The van der Waals surface area contributed by atoms with E-state index in [-0.39, 0.29) is 18.0 Å². The van der Waals surface area contributed by atoms with Gasteiger partial charge in [0.05, 0.1) is 24.1 Å². The summed E-state index contributed by atoms with van der Waals surface area (Å²) in [4.78, 5) is 12.4. The van der Waals surface area contributed by atoms with Crippen LogP contribution in [-0.2, 0) is 6.18 Å². The number of halogens is 4. The maximum absolute atomic E-state index is 13.7. The summed E-state index contributed by atoms with van der Waals surface area (Å²) in [7, 11) is 0. The molecule has 3 rings (SSSR count). The number of amides is 1. The van der Waals surface area contributed by atoms with Crippen molar-refractivity contribution in [2.45, 2.75) is 25.9 Å². The minimum Gasteiger partial charge on any atom is -0.494 e. The van der Waals surface area contributed by atoms with Crippen molar-refractivity contribution < 1.29 is 27.1 Å². The third kappa shape index (κ3) is 5.62. The Morgan fingerprint density at radius 1 is 1.10 bits per heavy atom. The fourth-order valence-corrected chi connectivity index (χ4v) is 3.02. The first-order chi connectivity index (χ1) is 14.8. The molecule has 0 radical (unpaired) electrons. The molecule has 164 valence electrons. The highest BCUT2D eigenvalue weighted by atomic mass is 19.4. The number of aromatic nitrogens is 2. The molecule has 1 aromatic heterocycles. The maximum Gasteiger partial charge on any atom is 0.434 e. The highest BCUT2D eigenvalue weighted by Crippen LogP contribution is 2.34. The summed E-state index contributed by atoms with van der Waals surface area (Å²) < 4.78 is 60.2. The zero-order valence-electron chi connectivity index (χ0n) is 16.7. The Balaban J connectivity index is 1.59. The lowest BCUT2D eigenvalue weighted by molar-refractivity contribution is -0.143. The van der Waals surface area contributed by atoms with E-state index in [0.717, 1.165) is 10.9 Å². The van der Waals surface area contributed by atoms with Crippen molar-refractivity contribution in [2.24, 2.45) is 0 Å². The first-order valence-electron chi connectivity index (χ1n) is 9.65. The Kier molecular flexibility index (Phi) is 6.94. The second kappa shape index (κ2) is 9.63. The van der Waals surface area contributed by atoms with Crippen LogP contribution >= 0.6 is 0 Å². The minimum absolute atomic E-state index is 0.179. The monoisotopic (exact) mass is 435 g/mol. The molecule has 1 N–H and O–H groups in total. The van der Waals surface area contributed by atoms with Crippen molar-refractivity contribution in [1.82, 2.24) is 15.1 Å². The molecule has 0 aliphatic heterocycles. The van der Waals surface area contributed by atoms with Crippen molar-refractivity contribution in [3.8, 4) is 11.4 Å². The van der Waals surface area contributed by atoms with Crippen LogP contribution in [0, 0.1) is 12.7 Å². The van der Waals surface area contributed by atoms with Crippen LogP contribution in [0.25, 0.3) is 5.69 Å². The molecule has 0 bridgehead atoms. The van der Waals surface area contributed by atoms with E-state index in [1.807, 2.05) is 0 Å². The molecule has 5 nitrogen and oxygen atoms in total. The van der Waals surface area contributed by atoms with E-state index in [2.05, 4.69) is 10.4 Å². The Labute approximate surface area is 176 Å². The van der Waals surface area contributed by atoms with Crippen LogP contribution in [-0.4, -0.2) is 28.8 Å². The van der Waals surface area contributed by atoms with Gasteiger partial charge in [-0.15, -0.1) is 0 Å². The smallest absolute Gasteiger partial charge is 0.434 e. The summed E-state index contributed by atoms with van der Waals surface area (Å²) >= 11 is 0. The average Bonchev–Trinajstić information content (AvgIpc) is 3.18. The molecule has 0 saturated heterocycles. The van der Waals surface area contributed by atoms with Gasteiger partial charge in [-0.05, 0) is 55.7 Å². The lowest BCUT2D eigenvalue weighted by Gasteiger charge is -2.14. The molecule has 0 spiro atoms. The predicted octanol–water partition coefficient (Wildman–Crippen LogP) is 4.93. The van der Waals surface area contributed by atoms with Gasteiger partial charge in [-0.2, -0.15) is 18.3 Å². The number of unbranched alkanes of at least 4 members (excludes halogenated alkanes) is 1. The Morgan fingerprint density at radius 2 is 1.81 bits per heavy atom. The second-order valence-corrected chi connectivity index (χ2v) is 6.87. The molecule has 9 heteroatoms. The third-order valence-electron chi connectivity index (χ3n) is 4.57. The molecule has 0 saturated carbocycles. The standard InChI is InChI=1S/C22H21F4N3O2/c1-15-6-2-3-7-19(15)29-20(22(24,25)26)18(14-28-29)21(30)27-12-4-5-13-31-17-10-8-16(23)9-11-17/h2-3,6-11,14H,4-5,12-13H2,1H3,(H,27,30). The first-order valence-corrected chi connectivity index (χ1v) is 9.65. The van der Waals surface area contributed by atoms with Crippen LogP contribution in [0.4, 0.5) is 17.6 Å². The number of benzene rings is 2. The van der Waals surface area contributed by atoms with Crippen molar-refractivity contribution in [3.63, 3.8) is 0 Å². The zero-order valence-corrected chi connectivity index (χ0v) is 16.7. The molecule has 3 aromatic rings. The molecule has 0 atom stereocenters. The van der Waals surface area contributed by atoms with Gasteiger partial charge in [0.25, 0.3) is 5.91 Å². The van der Waals surface area contributed by atoms with Gasteiger partial charge in [-0.25, -0.2) is 9.07 Å². The van der Waals surface area contributed by atoms with Crippen LogP contribution < -0.4 is 10.1 Å². The third-order valence-corrected chi connectivity index (χ3v) is 4.57. The number of alkyl halides is 3. The number of carbonyl (C=O) groups is 1. The van der Waals surface area contributed by atoms with Crippen molar-refractivity contribution in [2.75, 3.05) is 13.2 Å². The topological polar surface area (TPSA) is 56.2 Å². The van der Waals surface area contributed by atoms with Crippen molar-refractivity contribution in [1.29, 1.82) is 0 Å². The Bertz CT molecular complexity index is 1030. The highest BCUT2D eigenvalue weighted by Gasteiger charge is 2.40. The SMILES string of the molecule is Cc1ccccc1-n1ncc(C(=O)NCCCCOc2ccc(F)cc2)c1C(F)(F)F. The van der Waals surface area contributed by atoms with E-state index in [4.69, 9.17) is 4.74 Å². The summed E-state index contributed by atoms with van der Waals surface area (Å²) in [6.07, 6.45) is -2.76. The van der Waals surface area contributed by atoms with Crippen molar-refractivity contribution >= 4 is 5.91 Å². The first kappa shape index (κ1) is 22.3. The molecular formula is C22H21F4N3O2. The van der Waals surface area contributed by atoms with E-state index < -0.39 is 23.3 Å². The van der Waals surface area contributed by atoms with Gasteiger partial charge in [0.15, 0.2) is 5.69 Å². The van der Waals surface area contributed by atoms with Gasteiger partial charge in [0.1, 0.15) is 11.6 Å². The number of hydrogen-bond donors (Lipinski definition) is 1. The number of nitrogens with zero attached hydrogens (tertiary/aromatic N) is 2. The number of para-hydroxylation sites is 1. The predicted molar refractivity (Wildman–Crippen MR) is 107 cm³/mol. The van der Waals surface area contributed by atoms with Gasteiger partial charge < -0.3 is 10.1 Å². The fourth-order valence-electron chi connectivity index (χ4n) is 3.02. The molecule has 0 unspecified atom stereocenters. The number of rotatable bonds is 8. The zero-order chi connectivity index (χ0) is 22.4. The van der Waals surface area contributed by atoms with E-state index >= 15 is 0 Å². The quantitative estimate of drug-likeness (QED) is 0.403. The summed E-state index contributed by atoms with van der Waals surface area (Å²) in [5.41, 5.74) is -0.784. The van der Waals surface area contributed by atoms with Gasteiger partial charge >= 0.3 is 6.18 Å². The number of hydrogen-bond acceptors (Lipinski definition) is 3. The normalized spacial score (nSPS) is 11.4. The van der Waals surface area contributed by atoms with Gasteiger partial charge in [0, 0.05) is 6.54 Å². The number of aryl methyl sites for hydroxylation is 1. The molecule has 0 aliphatic rings. The maximum atomic E-state index is 13.7. The van der Waals surface area contributed by atoms with Crippen LogP contribution in [0.3, 0.4) is 0 Å². The van der Waals surface area contributed by atoms with E-state index in [1.165, 1.54) is 30.3 Å². The largest absolute Gasteiger partial charge is 0.494 e. The molecule has 31 heavy (non-hydrogen) atoms. The number of nitrogens with one attached hydrogen (secondary N) is 1. The summed E-state index contributed by atoms with van der Waals surface area (Å²) in [6.45, 7) is 2.18. The Morgan fingerprint density at radius 3 is 2.48 bits per heavy atom. The molecule has 0 aliphatic carbocycles. The average molecular weight is 435 g/mol. The second-order valence-electron chi connectivity index (χ2n) is 6.87. The molecule has 1 heterocycles. The lowest BCUT2D eigenvalue weighted by Crippen LogP contribution is -2.27. The summed E-state index contributed by atoms with van der Waals surface area (Å²) in [5, 5.41) is 6.32.